The number of anilines is 1. The summed E-state index contributed by atoms with van der Waals surface area (Å²) in [6.07, 6.45) is 0. The first-order valence-corrected chi connectivity index (χ1v) is 5.58. The van der Waals surface area contributed by atoms with E-state index < -0.39 is 0 Å². The molecule has 18 heavy (non-hydrogen) atoms. The molecular formula is C12H21Cl2N3O. The van der Waals surface area contributed by atoms with Crippen molar-refractivity contribution in [1.82, 2.24) is 10.9 Å². The second-order valence-electron chi connectivity index (χ2n) is 4.39. The Kier molecular flexibility index (Phi) is 6.78. The van der Waals surface area contributed by atoms with E-state index in [1.807, 2.05) is 12.1 Å². The highest BCUT2D eigenvalue weighted by Crippen LogP contribution is 2.34. The van der Waals surface area contributed by atoms with Crippen LogP contribution in [0.3, 0.4) is 0 Å². The van der Waals surface area contributed by atoms with E-state index in [0.717, 1.165) is 11.4 Å². The van der Waals surface area contributed by atoms with Crippen LogP contribution in [0.4, 0.5) is 5.69 Å². The molecule has 1 heterocycles. The molecule has 1 saturated heterocycles. The molecule has 104 valence electrons. The molecule has 2 rings (SSSR count). The standard InChI is InChI=1S/C12H19N3O.2ClH/c1-7-12(8(2)15-14-7)10-5-4-9(13)6-11(10)16-3;;/h4-8,12,14-15H,13H2,1-3H3;2*1H. The van der Waals surface area contributed by atoms with Crippen LogP contribution in [-0.4, -0.2) is 19.2 Å². The molecule has 1 aromatic carbocycles. The Labute approximate surface area is 120 Å². The van der Waals surface area contributed by atoms with Crippen molar-refractivity contribution in [2.45, 2.75) is 31.8 Å². The average molecular weight is 294 g/mol. The monoisotopic (exact) mass is 293 g/mol. The summed E-state index contributed by atoms with van der Waals surface area (Å²) >= 11 is 0. The third-order valence-electron chi connectivity index (χ3n) is 3.23. The lowest BCUT2D eigenvalue weighted by Gasteiger charge is -2.21. The molecular weight excluding hydrogens is 273 g/mol. The molecule has 0 bridgehead atoms. The summed E-state index contributed by atoms with van der Waals surface area (Å²) in [7, 11) is 1.68. The molecule has 0 saturated carbocycles. The van der Waals surface area contributed by atoms with Gasteiger partial charge in [0.1, 0.15) is 5.75 Å². The van der Waals surface area contributed by atoms with Crippen molar-refractivity contribution in [3.8, 4) is 5.75 Å². The lowest BCUT2D eigenvalue weighted by Crippen LogP contribution is -2.30. The number of benzene rings is 1. The molecule has 2 unspecified atom stereocenters. The number of ether oxygens (including phenoxy) is 1. The molecule has 0 aromatic heterocycles. The maximum Gasteiger partial charge on any atom is 0.124 e. The number of hydrogen-bond donors (Lipinski definition) is 3. The second-order valence-corrected chi connectivity index (χ2v) is 4.39. The van der Waals surface area contributed by atoms with Crippen molar-refractivity contribution >= 4 is 30.5 Å². The number of hydrazine groups is 1. The molecule has 4 N–H and O–H groups in total. The lowest BCUT2D eigenvalue weighted by molar-refractivity contribution is 0.401. The van der Waals surface area contributed by atoms with E-state index in [4.69, 9.17) is 10.5 Å². The quantitative estimate of drug-likeness (QED) is 0.731. The molecule has 1 aliphatic rings. The number of halogens is 2. The van der Waals surface area contributed by atoms with E-state index in [9.17, 15) is 0 Å². The van der Waals surface area contributed by atoms with Gasteiger partial charge in [-0.05, 0) is 19.9 Å². The summed E-state index contributed by atoms with van der Waals surface area (Å²) < 4.78 is 5.40. The van der Waals surface area contributed by atoms with Gasteiger partial charge in [0.2, 0.25) is 0 Å². The van der Waals surface area contributed by atoms with Crippen LogP contribution in [-0.2, 0) is 0 Å². The summed E-state index contributed by atoms with van der Waals surface area (Å²) in [5, 5.41) is 0. The minimum absolute atomic E-state index is 0. The Morgan fingerprint density at radius 1 is 1.11 bits per heavy atom. The van der Waals surface area contributed by atoms with Gasteiger partial charge in [0.05, 0.1) is 7.11 Å². The Morgan fingerprint density at radius 3 is 2.17 bits per heavy atom. The minimum Gasteiger partial charge on any atom is -0.496 e. The molecule has 0 amide bonds. The van der Waals surface area contributed by atoms with Crippen LogP contribution < -0.4 is 21.3 Å². The highest BCUT2D eigenvalue weighted by atomic mass is 35.5. The van der Waals surface area contributed by atoms with Crippen LogP contribution in [0.5, 0.6) is 5.75 Å². The van der Waals surface area contributed by atoms with Crippen molar-refractivity contribution < 1.29 is 4.74 Å². The summed E-state index contributed by atoms with van der Waals surface area (Å²) in [5.41, 5.74) is 14.2. The number of nitrogen functional groups attached to an aromatic ring is 1. The molecule has 1 fully saturated rings. The van der Waals surface area contributed by atoms with Gasteiger partial charge in [-0.1, -0.05) is 6.07 Å². The summed E-state index contributed by atoms with van der Waals surface area (Å²) in [5.74, 6) is 1.27. The van der Waals surface area contributed by atoms with Crippen LogP contribution in [0.2, 0.25) is 0 Å². The lowest BCUT2D eigenvalue weighted by atomic mass is 9.88. The van der Waals surface area contributed by atoms with Gasteiger partial charge in [0, 0.05) is 35.3 Å². The zero-order valence-electron chi connectivity index (χ0n) is 10.8. The molecule has 1 aliphatic heterocycles. The number of hydrogen-bond acceptors (Lipinski definition) is 4. The molecule has 1 aromatic rings. The van der Waals surface area contributed by atoms with Gasteiger partial charge in [0.25, 0.3) is 0 Å². The SMILES string of the molecule is COc1cc(N)ccc1C1C(C)NNC1C.Cl.Cl. The molecule has 0 radical (unpaired) electrons. The summed E-state index contributed by atoms with van der Waals surface area (Å²) in [4.78, 5) is 0. The van der Waals surface area contributed by atoms with Crippen LogP contribution in [0.15, 0.2) is 18.2 Å². The van der Waals surface area contributed by atoms with Gasteiger partial charge in [-0.3, -0.25) is 10.9 Å². The number of nitrogens with two attached hydrogens (primary N) is 1. The maximum absolute atomic E-state index is 5.76. The van der Waals surface area contributed by atoms with Crippen molar-refractivity contribution in [1.29, 1.82) is 0 Å². The predicted molar refractivity (Wildman–Crippen MR) is 79.8 cm³/mol. The van der Waals surface area contributed by atoms with E-state index in [1.165, 1.54) is 5.56 Å². The Balaban J connectivity index is 0.00000144. The Hall–Kier alpha value is -0.680. The van der Waals surface area contributed by atoms with Gasteiger partial charge < -0.3 is 10.5 Å². The second kappa shape index (κ2) is 7.04. The van der Waals surface area contributed by atoms with Crippen LogP contribution >= 0.6 is 24.8 Å². The van der Waals surface area contributed by atoms with E-state index in [0.29, 0.717) is 18.0 Å². The van der Waals surface area contributed by atoms with Crippen LogP contribution in [0.25, 0.3) is 0 Å². The largest absolute Gasteiger partial charge is 0.496 e. The third kappa shape index (κ3) is 3.20. The Morgan fingerprint density at radius 2 is 1.67 bits per heavy atom. The topological polar surface area (TPSA) is 59.3 Å². The summed E-state index contributed by atoms with van der Waals surface area (Å²) in [6.45, 7) is 4.33. The van der Waals surface area contributed by atoms with Gasteiger partial charge in [-0.15, -0.1) is 24.8 Å². The van der Waals surface area contributed by atoms with E-state index in [-0.39, 0.29) is 24.8 Å². The smallest absolute Gasteiger partial charge is 0.124 e. The molecule has 0 spiro atoms. The molecule has 6 heteroatoms. The third-order valence-corrected chi connectivity index (χ3v) is 3.23. The van der Waals surface area contributed by atoms with E-state index >= 15 is 0 Å². The number of rotatable bonds is 2. The fourth-order valence-electron chi connectivity index (χ4n) is 2.42. The van der Waals surface area contributed by atoms with Crippen molar-refractivity contribution in [2.75, 3.05) is 12.8 Å². The first-order chi connectivity index (χ1) is 7.63. The van der Waals surface area contributed by atoms with Gasteiger partial charge >= 0.3 is 0 Å². The molecule has 0 aliphatic carbocycles. The van der Waals surface area contributed by atoms with Crippen molar-refractivity contribution in [3.05, 3.63) is 23.8 Å². The predicted octanol–water partition coefficient (Wildman–Crippen LogP) is 2.09. The summed E-state index contributed by atoms with van der Waals surface area (Å²) in [6, 6.07) is 6.63. The first kappa shape index (κ1) is 17.3. The van der Waals surface area contributed by atoms with Crippen molar-refractivity contribution in [3.63, 3.8) is 0 Å². The minimum atomic E-state index is 0. The highest BCUT2D eigenvalue weighted by Gasteiger charge is 2.32. The number of nitrogens with one attached hydrogen (secondary N) is 2. The van der Waals surface area contributed by atoms with E-state index in [2.05, 4.69) is 30.8 Å². The normalized spacial score (nSPS) is 26.1. The zero-order valence-corrected chi connectivity index (χ0v) is 12.4. The van der Waals surface area contributed by atoms with Crippen LogP contribution in [0.1, 0.15) is 25.3 Å². The maximum atomic E-state index is 5.76. The molecule has 2 atom stereocenters. The number of methoxy groups -OCH3 is 1. The Bertz CT molecular complexity index is 380. The fourth-order valence-corrected chi connectivity index (χ4v) is 2.42. The zero-order chi connectivity index (χ0) is 11.7. The van der Waals surface area contributed by atoms with E-state index in [1.54, 1.807) is 7.11 Å². The van der Waals surface area contributed by atoms with Gasteiger partial charge in [-0.2, -0.15) is 0 Å². The highest BCUT2D eigenvalue weighted by molar-refractivity contribution is 5.85. The first-order valence-electron chi connectivity index (χ1n) is 5.58. The van der Waals surface area contributed by atoms with Gasteiger partial charge in [0.15, 0.2) is 0 Å². The average Bonchev–Trinajstić information content (AvgIpc) is 2.59. The van der Waals surface area contributed by atoms with Gasteiger partial charge in [-0.25, -0.2) is 0 Å². The molecule has 4 nitrogen and oxygen atoms in total. The fraction of sp³-hybridized carbons (Fsp3) is 0.500. The van der Waals surface area contributed by atoms with Crippen molar-refractivity contribution in [2.24, 2.45) is 0 Å². The van der Waals surface area contributed by atoms with Crippen LogP contribution in [0, 0.1) is 0 Å².